The van der Waals surface area contributed by atoms with Gasteiger partial charge in [0.05, 0.1) is 14.2 Å². The third-order valence-corrected chi connectivity index (χ3v) is 3.63. The second-order valence-corrected chi connectivity index (χ2v) is 5.08. The molecule has 5 nitrogen and oxygen atoms in total. The van der Waals surface area contributed by atoms with Gasteiger partial charge in [0.2, 0.25) is 0 Å². The molecule has 1 N–H and O–H groups in total. The van der Waals surface area contributed by atoms with Crippen LogP contribution in [-0.2, 0) is 6.61 Å². The molecule has 0 amide bonds. The van der Waals surface area contributed by atoms with Gasteiger partial charge in [-0.1, -0.05) is 0 Å². The van der Waals surface area contributed by atoms with Crippen LogP contribution in [0.15, 0.2) is 30.3 Å². The summed E-state index contributed by atoms with van der Waals surface area (Å²) in [6.07, 6.45) is 0. The first-order valence-corrected chi connectivity index (χ1v) is 6.62. The van der Waals surface area contributed by atoms with Gasteiger partial charge in [0.25, 0.3) is 0 Å². The molecule has 0 unspecified atom stereocenters. The molecule has 1 heterocycles. The fourth-order valence-electron chi connectivity index (χ4n) is 1.59. The van der Waals surface area contributed by atoms with Crippen molar-refractivity contribution in [3.8, 4) is 17.2 Å². The van der Waals surface area contributed by atoms with E-state index in [1.165, 1.54) is 11.3 Å². The summed E-state index contributed by atoms with van der Waals surface area (Å²) in [4.78, 5) is 11.9. The molecule has 0 aliphatic heterocycles. The fourth-order valence-corrected chi connectivity index (χ4v) is 2.35. The van der Waals surface area contributed by atoms with E-state index in [0.717, 1.165) is 4.88 Å². The van der Waals surface area contributed by atoms with Crippen LogP contribution in [0.1, 0.15) is 14.5 Å². The third kappa shape index (κ3) is 3.42. The number of thiophene rings is 1. The highest BCUT2D eigenvalue weighted by atomic mass is 32.1. The molecular weight excluding hydrogens is 280 g/mol. The van der Waals surface area contributed by atoms with Gasteiger partial charge in [-0.05, 0) is 12.1 Å². The highest BCUT2D eigenvalue weighted by Gasteiger charge is 2.08. The topological polar surface area (TPSA) is 65.0 Å². The molecule has 0 bridgehead atoms. The Kier molecular flexibility index (Phi) is 4.47. The van der Waals surface area contributed by atoms with Crippen LogP contribution in [0.2, 0.25) is 0 Å². The van der Waals surface area contributed by atoms with Crippen molar-refractivity contribution in [2.24, 2.45) is 0 Å². The van der Waals surface area contributed by atoms with Gasteiger partial charge in [-0.25, -0.2) is 4.79 Å². The van der Waals surface area contributed by atoms with Crippen molar-refractivity contribution in [3.63, 3.8) is 0 Å². The second kappa shape index (κ2) is 6.29. The van der Waals surface area contributed by atoms with Gasteiger partial charge in [-0.3, -0.25) is 0 Å². The van der Waals surface area contributed by atoms with Crippen molar-refractivity contribution in [1.29, 1.82) is 0 Å². The number of benzene rings is 1. The second-order valence-electron chi connectivity index (χ2n) is 3.91. The number of hydrogen-bond donors (Lipinski definition) is 1. The highest BCUT2D eigenvalue weighted by molar-refractivity contribution is 7.13. The van der Waals surface area contributed by atoms with Crippen LogP contribution in [0.5, 0.6) is 17.2 Å². The zero-order chi connectivity index (χ0) is 14.5. The summed E-state index contributed by atoms with van der Waals surface area (Å²) in [7, 11) is 3.13. The van der Waals surface area contributed by atoms with Gasteiger partial charge >= 0.3 is 5.97 Å². The Morgan fingerprint density at radius 3 is 2.20 bits per heavy atom. The van der Waals surface area contributed by atoms with Gasteiger partial charge in [-0.2, -0.15) is 0 Å². The molecule has 20 heavy (non-hydrogen) atoms. The molecule has 6 heteroatoms. The quantitative estimate of drug-likeness (QED) is 0.887. The maximum absolute atomic E-state index is 10.8. The standard InChI is InChI=1S/C14H14O5S/c1-17-9-5-10(18-2)7-11(6-9)19-8-12-3-4-13(20-12)14(15)16/h3-7H,8H2,1-2H3,(H,15,16). The third-order valence-electron chi connectivity index (χ3n) is 2.58. The van der Waals surface area contributed by atoms with E-state index in [0.29, 0.717) is 28.7 Å². The molecule has 0 aliphatic carbocycles. The summed E-state index contributed by atoms with van der Waals surface area (Å²) >= 11 is 1.19. The Hall–Kier alpha value is -2.21. The van der Waals surface area contributed by atoms with Crippen LogP contribution < -0.4 is 14.2 Å². The summed E-state index contributed by atoms with van der Waals surface area (Å²) in [6.45, 7) is 0.300. The molecule has 0 saturated carbocycles. The average molecular weight is 294 g/mol. The molecule has 0 saturated heterocycles. The maximum atomic E-state index is 10.8. The van der Waals surface area contributed by atoms with Crippen LogP contribution >= 0.6 is 11.3 Å². The van der Waals surface area contributed by atoms with E-state index in [-0.39, 0.29) is 0 Å². The Morgan fingerprint density at radius 1 is 1.10 bits per heavy atom. The van der Waals surface area contributed by atoms with Gasteiger partial charge in [0, 0.05) is 23.1 Å². The highest BCUT2D eigenvalue weighted by Crippen LogP contribution is 2.28. The first kappa shape index (κ1) is 14.2. The zero-order valence-corrected chi connectivity index (χ0v) is 11.9. The van der Waals surface area contributed by atoms with Crippen LogP contribution in [-0.4, -0.2) is 25.3 Å². The van der Waals surface area contributed by atoms with Crippen molar-refractivity contribution in [2.75, 3.05) is 14.2 Å². The molecule has 0 radical (unpaired) electrons. The predicted molar refractivity (Wildman–Crippen MR) is 75.2 cm³/mol. The number of hydrogen-bond acceptors (Lipinski definition) is 5. The van der Waals surface area contributed by atoms with Crippen molar-refractivity contribution in [2.45, 2.75) is 6.61 Å². The van der Waals surface area contributed by atoms with Crippen molar-refractivity contribution in [1.82, 2.24) is 0 Å². The van der Waals surface area contributed by atoms with Gasteiger partial charge in [-0.15, -0.1) is 11.3 Å². The van der Waals surface area contributed by atoms with E-state index < -0.39 is 5.97 Å². The van der Waals surface area contributed by atoms with Gasteiger partial charge in [0.15, 0.2) is 0 Å². The molecule has 0 fully saturated rings. The minimum absolute atomic E-state index is 0.298. The summed E-state index contributed by atoms with van der Waals surface area (Å²) < 4.78 is 15.9. The number of carboxylic acid groups (broad SMARTS) is 1. The zero-order valence-electron chi connectivity index (χ0n) is 11.1. The Bertz CT molecular complexity index is 583. The molecule has 0 aliphatic rings. The van der Waals surface area contributed by atoms with Crippen LogP contribution in [0.3, 0.4) is 0 Å². The number of aromatic carboxylic acids is 1. The lowest BCUT2D eigenvalue weighted by atomic mass is 10.3. The molecule has 0 spiro atoms. The Labute approximate surface area is 120 Å². The number of carbonyl (C=O) groups is 1. The molecular formula is C14H14O5S. The number of ether oxygens (including phenoxy) is 3. The molecule has 106 valence electrons. The van der Waals surface area contributed by atoms with E-state index in [9.17, 15) is 4.79 Å². The Morgan fingerprint density at radius 2 is 1.70 bits per heavy atom. The SMILES string of the molecule is COc1cc(OC)cc(OCc2ccc(C(=O)O)s2)c1. The van der Waals surface area contributed by atoms with Crippen LogP contribution in [0.4, 0.5) is 0 Å². The van der Waals surface area contributed by atoms with Crippen molar-refractivity contribution in [3.05, 3.63) is 40.1 Å². The van der Waals surface area contributed by atoms with E-state index in [4.69, 9.17) is 19.3 Å². The minimum Gasteiger partial charge on any atom is -0.496 e. The van der Waals surface area contributed by atoms with Crippen LogP contribution in [0.25, 0.3) is 0 Å². The van der Waals surface area contributed by atoms with E-state index in [1.54, 1.807) is 44.6 Å². The molecule has 1 aromatic carbocycles. The average Bonchev–Trinajstić information content (AvgIpc) is 2.93. The smallest absolute Gasteiger partial charge is 0.345 e. The lowest BCUT2D eigenvalue weighted by Gasteiger charge is -2.09. The number of carboxylic acids is 1. The molecule has 0 atom stereocenters. The monoisotopic (exact) mass is 294 g/mol. The van der Waals surface area contributed by atoms with Crippen LogP contribution in [0, 0.1) is 0 Å². The largest absolute Gasteiger partial charge is 0.496 e. The van der Waals surface area contributed by atoms with Crippen molar-refractivity contribution < 1.29 is 24.1 Å². The number of methoxy groups -OCH3 is 2. The van der Waals surface area contributed by atoms with E-state index >= 15 is 0 Å². The normalized spacial score (nSPS) is 10.1. The fraction of sp³-hybridized carbons (Fsp3) is 0.214. The van der Waals surface area contributed by atoms with Gasteiger partial charge < -0.3 is 19.3 Å². The maximum Gasteiger partial charge on any atom is 0.345 e. The summed E-state index contributed by atoms with van der Waals surface area (Å²) in [5, 5.41) is 8.86. The summed E-state index contributed by atoms with van der Waals surface area (Å²) in [6, 6.07) is 8.55. The first-order chi connectivity index (χ1) is 9.62. The first-order valence-electron chi connectivity index (χ1n) is 5.80. The lowest BCUT2D eigenvalue weighted by Crippen LogP contribution is -1.95. The Balaban J connectivity index is 2.07. The minimum atomic E-state index is -0.927. The van der Waals surface area contributed by atoms with E-state index in [2.05, 4.69) is 0 Å². The lowest BCUT2D eigenvalue weighted by molar-refractivity contribution is 0.0702. The molecule has 1 aromatic heterocycles. The van der Waals surface area contributed by atoms with Gasteiger partial charge in [0.1, 0.15) is 28.7 Å². The predicted octanol–water partition coefficient (Wildman–Crippen LogP) is 3.04. The number of rotatable bonds is 6. The molecule has 2 rings (SSSR count). The van der Waals surface area contributed by atoms with E-state index in [1.807, 2.05) is 0 Å². The molecule has 2 aromatic rings. The van der Waals surface area contributed by atoms with Crippen molar-refractivity contribution >= 4 is 17.3 Å². The summed E-state index contributed by atoms with van der Waals surface area (Å²) in [5.41, 5.74) is 0. The summed E-state index contributed by atoms with van der Waals surface area (Å²) in [5.74, 6) is 0.948.